The van der Waals surface area contributed by atoms with Crippen LogP contribution in [0, 0.1) is 5.82 Å². The molecule has 1 nitrogen and oxygen atoms in total. The zero-order chi connectivity index (χ0) is 14.0. The second-order valence-corrected chi connectivity index (χ2v) is 5.44. The summed E-state index contributed by atoms with van der Waals surface area (Å²) in [6.45, 7) is 0.386. The third kappa shape index (κ3) is 3.46. The van der Waals surface area contributed by atoms with E-state index in [9.17, 15) is 4.39 Å². The Hall–Kier alpha value is -0.670. The average molecular weight is 339 g/mol. The summed E-state index contributed by atoms with van der Waals surface area (Å²) >= 11 is 23.5. The Morgan fingerprint density at radius 2 is 1.42 bits per heavy atom. The van der Waals surface area contributed by atoms with E-state index in [0.29, 0.717) is 22.3 Å². The van der Waals surface area contributed by atoms with Gasteiger partial charge in [0.1, 0.15) is 0 Å². The second-order valence-electron chi connectivity index (χ2n) is 3.81. The molecule has 0 atom stereocenters. The first-order valence-electron chi connectivity index (χ1n) is 5.30. The van der Waals surface area contributed by atoms with Gasteiger partial charge in [-0.25, -0.2) is 4.39 Å². The third-order valence-corrected chi connectivity index (χ3v) is 3.77. The van der Waals surface area contributed by atoms with Crippen LogP contribution < -0.4 is 5.32 Å². The monoisotopic (exact) mass is 337 g/mol. The van der Waals surface area contributed by atoms with Crippen LogP contribution in [-0.4, -0.2) is 0 Å². The van der Waals surface area contributed by atoms with E-state index in [4.69, 9.17) is 46.4 Å². The molecule has 19 heavy (non-hydrogen) atoms. The van der Waals surface area contributed by atoms with Crippen LogP contribution in [0.4, 0.5) is 10.1 Å². The molecule has 6 heteroatoms. The van der Waals surface area contributed by atoms with Gasteiger partial charge in [-0.3, -0.25) is 0 Å². The number of hydrogen-bond donors (Lipinski definition) is 1. The Morgan fingerprint density at radius 3 is 1.95 bits per heavy atom. The highest BCUT2D eigenvalue weighted by molar-refractivity contribution is 6.36. The number of rotatable bonds is 3. The van der Waals surface area contributed by atoms with Gasteiger partial charge in [-0.1, -0.05) is 52.5 Å². The zero-order valence-electron chi connectivity index (χ0n) is 9.48. The van der Waals surface area contributed by atoms with Gasteiger partial charge in [-0.05, 0) is 24.3 Å². The molecule has 0 unspecified atom stereocenters. The molecule has 0 aliphatic heterocycles. The van der Waals surface area contributed by atoms with Crippen molar-refractivity contribution in [3.8, 4) is 0 Å². The first-order chi connectivity index (χ1) is 8.99. The molecule has 100 valence electrons. The van der Waals surface area contributed by atoms with Crippen LogP contribution in [0.1, 0.15) is 5.56 Å². The van der Waals surface area contributed by atoms with Gasteiger partial charge in [-0.2, -0.15) is 0 Å². The Kier molecular flexibility index (Phi) is 4.80. The molecule has 2 aromatic carbocycles. The van der Waals surface area contributed by atoms with Crippen molar-refractivity contribution in [2.75, 3.05) is 5.32 Å². The molecule has 2 rings (SSSR count). The molecule has 0 bridgehead atoms. The predicted molar refractivity (Wildman–Crippen MR) is 80.2 cm³/mol. The van der Waals surface area contributed by atoms with E-state index < -0.39 is 5.82 Å². The van der Waals surface area contributed by atoms with Crippen LogP contribution in [0.3, 0.4) is 0 Å². The summed E-state index contributed by atoms with van der Waals surface area (Å²) in [5.74, 6) is -0.635. The van der Waals surface area contributed by atoms with E-state index in [1.807, 2.05) is 0 Å². The van der Waals surface area contributed by atoms with Gasteiger partial charge in [-0.15, -0.1) is 0 Å². The van der Waals surface area contributed by atoms with Crippen molar-refractivity contribution < 1.29 is 4.39 Å². The van der Waals surface area contributed by atoms with Crippen LogP contribution in [0.25, 0.3) is 0 Å². The first kappa shape index (κ1) is 14.7. The molecule has 0 spiro atoms. The molecule has 0 saturated carbocycles. The molecule has 0 saturated heterocycles. The largest absolute Gasteiger partial charge is 0.381 e. The average Bonchev–Trinajstić information content (AvgIpc) is 2.35. The molecule has 0 aliphatic rings. The first-order valence-corrected chi connectivity index (χ1v) is 6.81. The van der Waals surface area contributed by atoms with E-state index in [1.54, 1.807) is 18.2 Å². The Bertz CT molecular complexity index is 572. The smallest absolute Gasteiger partial charge is 0.160 e. The maximum atomic E-state index is 13.3. The molecule has 0 radical (unpaired) electrons. The van der Waals surface area contributed by atoms with E-state index in [1.165, 1.54) is 12.1 Å². The maximum absolute atomic E-state index is 13.3. The fourth-order valence-corrected chi connectivity index (χ4v) is 2.57. The van der Waals surface area contributed by atoms with Gasteiger partial charge in [0.2, 0.25) is 0 Å². The van der Waals surface area contributed by atoms with Crippen molar-refractivity contribution in [2.24, 2.45) is 0 Å². The van der Waals surface area contributed by atoms with E-state index in [2.05, 4.69) is 5.32 Å². The summed E-state index contributed by atoms with van der Waals surface area (Å²) < 4.78 is 13.3. The summed E-state index contributed by atoms with van der Waals surface area (Å²) in [5.41, 5.74) is 1.34. The van der Waals surface area contributed by atoms with Gasteiger partial charge in [0, 0.05) is 27.8 Å². The van der Waals surface area contributed by atoms with Crippen LogP contribution in [0.2, 0.25) is 20.1 Å². The summed E-state index contributed by atoms with van der Waals surface area (Å²) in [5, 5.41) is 4.07. The van der Waals surface area contributed by atoms with Crippen LogP contribution in [-0.2, 0) is 6.54 Å². The Labute approximate surface area is 130 Å². The summed E-state index contributed by atoms with van der Waals surface area (Å²) in [7, 11) is 0. The fourth-order valence-electron chi connectivity index (χ4n) is 1.55. The molecule has 0 aliphatic carbocycles. The van der Waals surface area contributed by atoms with Gasteiger partial charge >= 0.3 is 0 Å². The van der Waals surface area contributed by atoms with Crippen LogP contribution >= 0.6 is 46.4 Å². The molecule has 2 aromatic rings. The summed E-state index contributed by atoms with van der Waals surface area (Å²) in [4.78, 5) is 0. The quantitative estimate of drug-likeness (QED) is 0.671. The number of hydrogen-bond acceptors (Lipinski definition) is 1. The molecular weight excluding hydrogens is 331 g/mol. The predicted octanol–water partition coefficient (Wildman–Crippen LogP) is 6.05. The molecule has 1 N–H and O–H groups in total. The van der Waals surface area contributed by atoms with Gasteiger partial charge in [0.15, 0.2) is 5.82 Å². The van der Waals surface area contributed by atoms with Crippen molar-refractivity contribution >= 4 is 52.1 Å². The van der Waals surface area contributed by atoms with Crippen LogP contribution in [0.5, 0.6) is 0 Å². The van der Waals surface area contributed by atoms with E-state index in [-0.39, 0.29) is 10.0 Å². The minimum Gasteiger partial charge on any atom is -0.381 e. The van der Waals surface area contributed by atoms with Gasteiger partial charge in [0.05, 0.1) is 10.0 Å². The lowest BCUT2D eigenvalue weighted by molar-refractivity contribution is 0.629. The van der Waals surface area contributed by atoms with Crippen LogP contribution in [0.15, 0.2) is 30.3 Å². The standard InChI is InChI=1S/C13H8Cl4FN/c14-9-2-1-3-10(15)8(9)6-19-7-4-11(16)13(18)12(17)5-7/h1-5,19H,6H2. The SMILES string of the molecule is Fc1c(Cl)cc(NCc2c(Cl)cccc2Cl)cc1Cl. The van der Waals surface area contributed by atoms with Gasteiger partial charge < -0.3 is 5.32 Å². The Balaban J connectivity index is 2.19. The minimum absolute atomic E-state index is 0.0414. The molecule has 0 heterocycles. The zero-order valence-corrected chi connectivity index (χ0v) is 12.5. The number of benzene rings is 2. The van der Waals surface area contributed by atoms with E-state index in [0.717, 1.165) is 5.56 Å². The van der Waals surface area contributed by atoms with Crippen molar-refractivity contribution in [3.05, 3.63) is 61.8 Å². The number of anilines is 1. The number of halogens is 5. The normalized spacial score (nSPS) is 10.6. The fraction of sp³-hybridized carbons (Fsp3) is 0.0769. The van der Waals surface area contributed by atoms with Crippen molar-refractivity contribution in [1.29, 1.82) is 0 Å². The topological polar surface area (TPSA) is 12.0 Å². The lowest BCUT2D eigenvalue weighted by Crippen LogP contribution is -2.01. The summed E-state index contributed by atoms with van der Waals surface area (Å²) in [6.07, 6.45) is 0. The lowest BCUT2D eigenvalue weighted by atomic mass is 10.2. The van der Waals surface area contributed by atoms with Crippen molar-refractivity contribution in [3.63, 3.8) is 0 Å². The molecule has 0 fully saturated rings. The second kappa shape index (κ2) is 6.19. The highest BCUT2D eigenvalue weighted by Crippen LogP contribution is 2.29. The lowest BCUT2D eigenvalue weighted by Gasteiger charge is -2.11. The third-order valence-electron chi connectivity index (χ3n) is 2.51. The van der Waals surface area contributed by atoms with Crippen molar-refractivity contribution in [2.45, 2.75) is 6.54 Å². The number of nitrogens with one attached hydrogen (secondary N) is 1. The Morgan fingerprint density at radius 1 is 0.895 bits per heavy atom. The summed E-state index contributed by atoms with van der Waals surface area (Å²) in [6, 6.07) is 8.16. The van der Waals surface area contributed by atoms with E-state index >= 15 is 0 Å². The highest BCUT2D eigenvalue weighted by atomic mass is 35.5. The highest BCUT2D eigenvalue weighted by Gasteiger charge is 2.09. The minimum atomic E-state index is -0.635. The maximum Gasteiger partial charge on any atom is 0.160 e. The van der Waals surface area contributed by atoms with Gasteiger partial charge in [0.25, 0.3) is 0 Å². The molecule has 0 amide bonds. The van der Waals surface area contributed by atoms with Crippen molar-refractivity contribution in [1.82, 2.24) is 0 Å². The molecule has 0 aromatic heterocycles. The molecular formula is C13H8Cl4FN.